The number of halogens is 2. The minimum absolute atomic E-state index is 0.0513. The zero-order valence-electron chi connectivity index (χ0n) is 12.3. The number of nitrogens with one attached hydrogen (secondary N) is 1. The van der Waals surface area contributed by atoms with Gasteiger partial charge in [0.2, 0.25) is 0 Å². The Morgan fingerprint density at radius 2 is 1.96 bits per heavy atom. The maximum atomic E-state index is 13.7. The van der Waals surface area contributed by atoms with Crippen LogP contribution in [0.3, 0.4) is 0 Å². The molecule has 0 atom stereocenters. The van der Waals surface area contributed by atoms with Gasteiger partial charge in [0, 0.05) is 15.7 Å². The van der Waals surface area contributed by atoms with Crippen LogP contribution in [0.2, 0.25) is 0 Å². The number of imide groups is 1. The summed E-state index contributed by atoms with van der Waals surface area (Å²) >= 11 is 4.16. The van der Waals surface area contributed by atoms with Crippen LogP contribution in [0.15, 0.2) is 57.9 Å². The first-order valence-electron chi connectivity index (χ1n) is 7.04. The molecule has 0 radical (unpaired) electrons. The van der Waals surface area contributed by atoms with Crippen molar-refractivity contribution in [2.45, 2.75) is 0 Å². The second kappa shape index (κ2) is 7.19. The van der Waals surface area contributed by atoms with Crippen molar-refractivity contribution in [1.82, 2.24) is 4.90 Å². The van der Waals surface area contributed by atoms with Gasteiger partial charge in [0.1, 0.15) is 5.82 Å². The molecule has 2 aromatic rings. The van der Waals surface area contributed by atoms with Gasteiger partial charge >= 0.3 is 0 Å². The summed E-state index contributed by atoms with van der Waals surface area (Å²) in [5.41, 5.74) is 1.06. The fourth-order valence-electron chi connectivity index (χ4n) is 2.14. The number of thioether (sulfide) groups is 1. The number of amides is 2. The van der Waals surface area contributed by atoms with Gasteiger partial charge in [0.25, 0.3) is 11.1 Å². The maximum absolute atomic E-state index is 13.7. The lowest BCUT2D eigenvalue weighted by atomic mass is 10.2. The van der Waals surface area contributed by atoms with Crippen molar-refractivity contribution in [2.24, 2.45) is 0 Å². The van der Waals surface area contributed by atoms with Crippen LogP contribution in [-0.4, -0.2) is 22.7 Å². The molecule has 7 heteroatoms. The molecule has 0 aromatic heterocycles. The number of carbonyl (C=O) groups excluding carboxylic acids is 2. The topological polar surface area (TPSA) is 49.4 Å². The molecule has 1 N–H and O–H groups in total. The molecular weight excluding hydrogens is 395 g/mol. The smallest absolute Gasteiger partial charge is 0.295 e. The summed E-state index contributed by atoms with van der Waals surface area (Å²) < 4.78 is 14.6. The van der Waals surface area contributed by atoms with Gasteiger partial charge < -0.3 is 5.32 Å². The minimum Gasteiger partial charge on any atom is -0.367 e. The Morgan fingerprint density at radius 3 is 2.71 bits per heavy atom. The Hall–Kier alpha value is -2.12. The number of carbonyl (C=O) groups is 2. The van der Waals surface area contributed by atoms with E-state index in [0.29, 0.717) is 0 Å². The lowest BCUT2D eigenvalue weighted by Gasteiger charge is -2.14. The highest BCUT2D eigenvalue weighted by molar-refractivity contribution is 9.10. The number of hydrogen-bond donors (Lipinski definition) is 1. The second-order valence-electron chi connectivity index (χ2n) is 4.98. The Morgan fingerprint density at radius 1 is 1.17 bits per heavy atom. The van der Waals surface area contributed by atoms with Crippen LogP contribution in [0.25, 0.3) is 6.08 Å². The zero-order chi connectivity index (χ0) is 17.1. The van der Waals surface area contributed by atoms with Crippen LogP contribution in [0, 0.1) is 5.82 Å². The summed E-state index contributed by atoms with van der Waals surface area (Å²) in [7, 11) is 0. The molecule has 1 saturated heterocycles. The highest BCUT2D eigenvalue weighted by atomic mass is 79.9. The number of nitrogens with zero attached hydrogens (tertiary/aromatic N) is 1. The highest BCUT2D eigenvalue weighted by Crippen LogP contribution is 2.32. The van der Waals surface area contributed by atoms with Gasteiger partial charge in [0.05, 0.1) is 11.6 Å². The molecule has 0 spiro atoms. The molecule has 4 nitrogen and oxygen atoms in total. The molecule has 122 valence electrons. The van der Waals surface area contributed by atoms with Crippen molar-refractivity contribution in [3.63, 3.8) is 0 Å². The molecule has 0 aliphatic carbocycles. The lowest BCUT2D eigenvalue weighted by Crippen LogP contribution is -2.33. The molecule has 1 aliphatic rings. The third-order valence-electron chi connectivity index (χ3n) is 3.33. The Labute approximate surface area is 150 Å². The number of rotatable bonds is 4. The van der Waals surface area contributed by atoms with E-state index in [1.807, 2.05) is 24.3 Å². The van der Waals surface area contributed by atoms with E-state index in [2.05, 4.69) is 21.2 Å². The molecule has 1 fully saturated rings. The van der Waals surface area contributed by atoms with Crippen molar-refractivity contribution in [2.75, 3.05) is 12.0 Å². The van der Waals surface area contributed by atoms with Gasteiger partial charge in [-0.3, -0.25) is 14.5 Å². The summed E-state index contributed by atoms with van der Waals surface area (Å²) in [6, 6.07) is 13.5. The molecule has 24 heavy (non-hydrogen) atoms. The molecule has 0 saturated carbocycles. The third kappa shape index (κ3) is 3.68. The predicted molar refractivity (Wildman–Crippen MR) is 96.8 cm³/mol. The van der Waals surface area contributed by atoms with Crippen molar-refractivity contribution in [3.8, 4) is 0 Å². The Kier molecular flexibility index (Phi) is 5.01. The summed E-state index contributed by atoms with van der Waals surface area (Å²) in [4.78, 5) is 25.7. The van der Waals surface area contributed by atoms with Gasteiger partial charge in [-0.1, -0.05) is 40.2 Å². The second-order valence-corrected chi connectivity index (χ2v) is 6.89. The van der Waals surface area contributed by atoms with Crippen molar-refractivity contribution in [1.29, 1.82) is 0 Å². The SMILES string of the molecule is O=C1S/C(=C\c2ccccc2F)C(=O)N1CNc1cccc(Br)c1. The Balaban J connectivity index is 1.73. The number of hydrogen-bond acceptors (Lipinski definition) is 4. The van der Waals surface area contributed by atoms with Gasteiger partial charge in [0.15, 0.2) is 0 Å². The molecular formula is C17H12BrFN2O2S. The summed E-state index contributed by atoms with van der Waals surface area (Å²) in [6.45, 7) is 0.0513. The quantitative estimate of drug-likeness (QED) is 0.747. The first-order chi connectivity index (χ1) is 11.5. The molecule has 0 bridgehead atoms. The maximum Gasteiger partial charge on any atom is 0.295 e. The van der Waals surface area contributed by atoms with Crippen LogP contribution in [-0.2, 0) is 4.79 Å². The largest absolute Gasteiger partial charge is 0.367 e. The van der Waals surface area contributed by atoms with E-state index in [1.54, 1.807) is 18.2 Å². The molecule has 1 aliphatic heterocycles. The predicted octanol–water partition coefficient (Wildman–Crippen LogP) is 4.69. The van der Waals surface area contributed by atoms with Gasteiger partial charge in [-0.25, -0.2) is 4.39 Å². The van der Waals surface area contributed by atoms with Crippen molar-refractivity contribution >= 4 is 50.6 Å². The Bertz CT molecular complexity index is 841. The molecule has 3 rings (SSSR count). The van der Waals surface area contributed by atoms with E-state index in [1.165, 1.54) is 12.1 Å². The van der Waals surface area contributed by atoms with Crippen molar-refractivity contribution < 1.29 is 14.0 Å². The van der Waals surface area contributed by atoms with Gasteiger partial charge in [-0.15, -0.1) is 0 Å². The average Bonchev–Trinajstić information content (AvgIpc) is 2.82. The van der Waals surface area contributed by atoms with E-state index >= 15 is 0 Å². The molecule has 1 heterocycles. The van der Waals surface area contributed by atoms with E-state index < -0.39 is 11.7 Å². The number of anilines is 1. The van der Waals surface area contributed by atoms with Crippen LogP contribution >= 0.6 is 27.7 Å². The monoisotopic (exact) mass is 406 g/mol. The van der Waals surface area contributed by atoms with E-state index in [-0.39, 0.29) is 22.4 Å². The van der Waals surface area contributed by atoms with Gasteiger partial charge in [-0.05, 0) is 42.1 Å². The van der Waals surface area contributed by atoms with E-state index in [0.717, 1.165) is 26.8 Å². The minimum atomic E-state index is -0.434. The fourth-order valence-corrected chi connectivity index (χ4v) is 3.37. The first-order valence-corrected chi connectivity index (χ1v) is 8.65. The first kappa shape index (κ1) is 16.7. The van der Waals surface area contributed by atoms with Gasteiger partial charge in [-0.2, -0.15) is 0 Å². The summed E-state index contributed by atoms with van der Waals surface area (Å²) in [6.07, 6.45) is 1.40. The number of benzene rings is 2. The normalized spacial score (nSPS) is 16.1. The van der Waals surface area contributed by atoms with Crippen LogP contribution in [0.1, 0.15) is 5.56 Å². The third-order valence-corrected chi connectivity index (χ3v) is 4.73. The molecule has 0 unspecified atom stereocenters. The highest BCUT2D eigenvalue weighted by Gasteiger charge is 2.34. The molecule has 2 amide bonds. The summed E-state index contributed by atoms with van der Waals surface area (Å²) in [5.74, 6) is -0.868. The van der Waals surface area contributed by atoms with Crippen LogP contribution in [0.4, 0.5) is 14.9 Å². The van der Waals surface area contributed by atoms with Crippen LogP contribution < -0.4 is 5.32 Å². The van der Waals surface area contributed by atoms with E-state index in [4.69, 9.17) is 0 Å². The molecule has 2 aromatic carbocycles. The summed E-state index contributed by atoms with van der Waals surface area (Å²) in [5, 5.41) is 2.64. The zero-order valence-corrected chi connectivity index (χ0v) is 14.7. The lowest BCUT2D eigenvalue weighted by molar-refractivity contribution is -0.122. The average molecular weight is 407 g/mol. The fraction of sp³-hybridized carbons (Fsp3) is 0.0588. The standard InChI is InChI=1S/C17H12BrFN2O2S/c18-12-5-3-6-13(9-12)20-10-21-16(22)15(24-17(21)23)8-11-4-1-2-7-14(11)19/h1-9,20H,10H2/b15-8-. The van der Waals surface area contributed by atoms with E-state index in [9.17, 15) is 14.0 Å². The van der Waals surface area contributed by atoms with Crippen molar-refractivity contribution in [3.05, 3.63) is 69.3 Å². The van der Waals surface area contributed by atoms with Crippen LogP contribution in [0.5, 0.6) is 0 Å².